The quantitative estimate of drug-likeness (QED) is 0.782. The Kier molecular flexibility index (Phi) is 4.76. The number of pyridine rings is 1. The Morgan fingerprint density at radius 2 is 1.81 bits per heavy atom. The van der Waals surface area contributed by atoms with Crippen LogP contribution in [0.1, 0.15) is 0 Å². The van der Waals surface area contributed by atoms with Crippen molar-refractivity contribution in [3.8, 4) is 0 Å². The van der Waals surface area contributed by atoms with E-state index in [-0.39, 0.29) is 36.2 Å². The van der Waals surface area contributed by atoms with Crippen molar-refractivity contribution in [2.45, 2.75) is 11.1 Å². The molecule has 1 saturated heterocycles. The second-order valence-corrected chi connectivity index (χ2v) is 6.94. The third-order valence-corrected chi connectivity index (χ3v) is 5.18. The van der Waals surface area contributed by atoms with Gasteiger partial charge in [-0.05, 0) is 12.1 Å². The maximum absolute atomic E-state index is 12.3. The van der Waals surface area contributed by atoms with Crippen LogP contribution >= 0.6 is 11.6 Å². The number of rotatable bonds is 3. The highest BCUT2D eigenvalue weighted by molar-refractivity contribution is 7.89. The molecule has 0 aliphatic carbocycles. The van der Waals surface area contributed by atoms with Crippen LogP contribution in [0, 0.1) is 0 Å². The van der Waals surface area contributed by atoms with Crippen molar-refractivity contribution in [3.63, 3.8) is 0 Å². The second-order valence-electron chi connectivity index (χ2n) is 4.61. The van der Waals surface area contributed by atoms with E-state index in [4.69, 9.17) is 11.6 Å². The van der Waals surface area contributed by atoms with E-state index in [0.29, 0.717) is 0 Å². The first kappa shape index (κ1) is 16.5. The Morgan fingerprint density at radius 1 is 1.19 bits per heavy atom. The Balaban J connectivity index is 2.03. The van der Waals surface area contributed by atoms with Crippen LogP contribution in [0.2, 0.25) is 5.15 Å². The summed E-state index contributed by atoms with van der Waals surface area (Å²) in [6.07, 6.45) is -3.14. The number of sulfonamides is 1. The molecule has 0 aromatic carbocycles. The predicted octanol–water partition coefficient (Wildman–Crippen LogP) is 1.60. The molecule has 1 fully saturated rings. The zero-order valence-electron chi connectivity index (χ0n) is 10.8. The van der Waals surface area contributed by atoms with Gasteiger partial charge >= 0.3 is 6.18 Å². The molecule has 0 atom stereocenters. The summed E-state index contributed by atoms with van der Waals surface area (Å²) < 4.78 is 62.6. The van der Waals surface area contributed by atoms with Gasteiger partial charge in [0.25, 0.3) is 0 Å². The largest absolute Gasteiger partial charge is 0.401 e. The van der Waals surface area contributed by atoms with Crippen molar-refractivity contribution < 1.29 is 21.6 Å². The van der Waals surface area contributed by atoms with E-state index in [2.05, 4.69) is 4.98 Å². The van der Waals surface area contributed by atoms with Crippen molar-refractivity contribution in [2.75, 3.05) is 32.7 Å². The summed E-state index contributed by atoms with van der Waals surface area (Å²) in [4.78, 5) is 4.87. The molecule has 5 nitrogen and oxygen atoms in total. The highest BCUT2D eigenvalue weighted by atomic mass is 35.5. The van der Waals surface area contributed by atoms with E-state index < -0.39 is 22.7 Å². The minimum Gasteiger partial charge on any atom is -0.292 e. The van der Waals surface area contributed by atoms with Gasteiger partial charge in [-0.15, -0.1) is 0 Å². The van der Waals surface area contributed by atoms with Gasteiger partial charge in [-0.3, -0.25) is 4.90 Å². The zero-order valence-corrected chi connectivity index (χ0v) is 12.4. The lowest BCUT2D eigenvalue weighted by Crippen LogP contribution is -2.50. The van der Waals surface area contributed by atoms with Crippen LogP contribution < -0.4 is 0 Å². The second kappa shape index (κ2) is 6.07. The highest BCUT2D eigenvalue weighted by Gasteiger charge is 2.34. The zero-order chi connectivity index (χ0) is 15.7. The summed E-state index contributed by atoms with van der Waals surface area (Å²) in [7, 11) is -3.74. The molecule has 0 bridgehead atoms. The van der Waals surface area contributed by atoms with Crippen LogP contribution in [0.3, 0.4) is 0 Å². The van der Waals surface area contributed by atoms with Crippen molar-refractivity contribution in [1.29, 1.82) is 0 Å². The molecule has 0 N–H and O–H groups in total. The van der Waals surface area contributed by atoms with E-state index in [1.807, 2.05) is 0 Å². The first-order valence-corrected chi connectivity index (χ1v) is 7.91. The molecule has 1 aromatic rings. The minimum atomic E-state index is -4.28. The Labute approximate surface area is 125 Å². The molecule has 0 saturated carbocycles. The molecule has 0 unspecified atom stereocenters. The van der Waals surface area contributed by atoms with E-state index in [9.17, 15) is 21.6 Å². The molecule has 1 aromatic heterocycles. The summed E-state index contributed by atoms with van der Waals surface area (Å²) in [5.41, 5.74) is 0. The monoisotopic (exact) mass is 343 g/mol. The van der Waals surface area contributed by atoms with Crippen LogP contribution in [0.25, 0.3) is 0 Å². The molecule has 0 radical (unpaired) electrons. The molecule has 10 heteroatoms. The fourth-order valence-corrected chi connectivity index (χ4v) is 3.53. The van der Waals surface area contributed by atoms with Crippen LogP contribution in [0.15, 0.2) is 23.2 Å². The van der Waals surface area contributed by atoms with Crippen molar-refractivity contribution in [3.05, 3.63) is 23.5 Å². The Bertz CT molecular complexity index is 584. The molecule has 118 valence electrons. The van der Waals surface area contributed by atoms with E-state index in [1.54, 1.807) is 0 Å². The lowest BCUT2D eigenvalue weighted by Gasteiger charge is -2.34. The van der Waals surface area contributed by atoms with E-state index >= 15 is 0 Å². The summed E-state index contributed by atoms with van der Waals surface area (Å²) in [6.45, 7) is -0.912. The van der Waals surface area contributed by atoms with Crippen LogP contribution in [-0.4, -0.2) is 61.5 Å². The lowest BCUT2D eigenvalue weighted by atomic mass is 10.3. The third-order valence-electron chi connectivity index (χ3n) is 3.07. The number of hydrogen-bond donors (Lipinski definition) is 0. The van der Waals surface area contributed by atoms with Gasteiger partial charge in [0.1, 0.15) is 10.0 Å². The molecule has 1 aliphatic rings. The molecule has 0 amide bonds. The van der Waals surface area contributed by atoms with Gasteiger partial charge in [0.05, 0.1) is 6.54 Å². The number of aromatic nitrogens is 1. The standard InChI is InChI=1S/C11H13ClF3N3O2S/c12-10-2-1-9(7-16-10)21(19,20)18-5-3-17(4-6-18)8-11(13,14)15/h1-2,7H,3-6,8H2. The first-order valence-electron chi connectivity index (χ1n) is 6.09. The maximum Gasteiger partial charge on any atom is 0.401 e. The summed E-state index contributed by atoms with van der Waals surface area (Å²) in [5.74, 6) is 0. The SMILES string of the molecule is O=S(=O)(c1ccc(Cl)nc1)N1CCN(CC(F)(F)F)CC1. The fourth-order valence-electron chi connectivity index (χ4n) is 2.05. The Morgan fingerprint density at radius 3 is 2.29 bits per heavy atom. The molecular weight excluding hydrogens is 331 g/mol. The number of piperazine rings is 1. The van der Waals surface area contributed by atoms with Gasteiger partial charge in [0.15, 0.2) is 0 Å². The summed E-state index contributed by atoms with van der Waals surface area (Å²) in [6, 6.07) is 2.68. The topological polar surface area (TPSA) is 53.5 Å². The van der Waals surface area contributed by atoms with Gasteiger partial charge in [0, 0.05) is 32.4 Å². The average Bonchev–Trinajstić information content (AvgIpc) is 2.38. The molecule has 2 rings (SSSR count). The summed E-state index contributed by atoms with van der Waals surface area (Å²) >= 11 is 5.60. The van der Waals surface area contributed by atoms with Crippen molar-refractivity contribution in [1.82, 2.24) is 14.2 Å². The van der Waals surface area contributed by atoms with Gasteiger partial charge in [0.2, 0.25) is 10.0 Å². The fraction of sp³-hybridized carbons (Fsp3) is 0.545. The Hall–Kier alpha value is -0.900. The molecule has 1 aliphatic heterocycles. The van der Waals surface area contributed by atoms with Crippen LogP contribution in [0.4, 0.5) is 13.2 Å². The van der Waals surface area contributed by atoms with E-state index in [0.717, 1.165) is 10.5 Å². The van der Waals surface area contributed by atoms with E-state index in [1.165, 1.54) is 17.0 Å². The van der Waals surface area contributed by atoms with Gasteiger partial charge in [-0.25, -0.2) is 13.4 Å². The summed E-state index contributed by atoms with van der Waals surface area (Å²) in [5, 5.41) is 0.170. The number of hydrogen-bond acceptors (Lipinski definition) is 4. The van der Waals surface area contributed by atoms with Crippen molar-refractivity contribution in [2.24, 2.45) is 0 Å². The first-order chi connectivity index (χ1) is 9.68. The number of halogens is 4. The van der Waals surface area contributed by atoms with Crippen molar-refractivity contribution >= 4 is 21.6 Å². The highest BCUT2D eigenvalue weighted by Crippen LogP contribution is 2.21. The number of alkyl halides is 3. The molecule has 2 heterocycles. The lowest BCUT2D eigenvalue weighted by molar-refractivity contribution is -0.148. The predicted molar refractivity (Wildman–Crippen MR) is 70.5 cm³/mol. The smallest absolute Gasteiger partial charge is 0.292 e. The van der Waals surface area contributed by atoms with Gasteiger partial charge in [-0.1, -0.05) is 11.6 Å². The molecule has 0 spiro atoms. The molecule has 21 heavy (non-hydrogen) atoms. The van der Waals surface area contributed by atoms with Gasteiger partial charge in [-0.2, -0.15) is 17.5 Å². The average molecular weight is 344 g/mol. The van der Waals surface area contributed by atoms with Crippen LogP contribution in [0.5, 0.6) is 0 Å². The maximum atomic E-state index is 12.3. The van der Waals surface area contributed by atoms with Gasteiger partial charge < -0.3 is 0 Å². The minimum absolute atomic E-state index is 0.0149. The number of nitrogens with zero attached hydrogens (tertiary/aromatic N) is 3. The third kappa shape index (κ3) is 4.29. The molecular formula is C11H13ClF3N3O2S. The normalized spacial score (nSPS) is 18.9. The van der Waals surface area contributed by atoms with Crippen LogP contribution in [-0.2, 0) is 10.0 Å².